The zero-order valence-corrected chi connectivity index (χ0v) is 9.26. The number of carbonyl (C=O) groups excluding carboxylic acids is 1. The molecule has 0 saturated carbocycles. The number of carbonyl (C=O) groups is 1. The van der Waals surface area contributed by atoms with E-state index in [4.69, 9.17) is 5.73 Å². The smallest absolute Gasteiger partial charge is 0.320 e. The van der Waals surface area contributed by atoms with Gasteiger partial charge in [0, 0.05) is 24.3 Å². The third kappa shape index (κ3) is 2.68. The molecule has 76 valence electrons. The molecule has 0 spiro atoms. The fourth-order valence-corrected chi connectivity index (χ4v) is 1.26. The highest BCUT2D eigenvalue weighted by Crippen LogP contribution is 2.17. The number of amides is 2. The van der Waals surface area contributed by atoms with Crippen molar-refractivity contribution >= 4 is 27.8 Å². The second-order valence-electron chi connectivity index (χ2n) is 2.57. The summed E-state index contributed by atoms with van der Waals surface area (Å²) in [6.45, 7) is 0.394. The van der Waals surface area contributed by atoms with Crippen LogP contribution in [0.1, 0.15) is 5.56 Å². The van der Waals surface area contributed by atoms with Crippen LogP contribution in [0.15, 0.2) is 16.7 Å². The lowest BCUT2D eigenvalue weighted by molar-refractivity contribution is 0.254. The van der Waals surface area contributed by atoms with E-state index in [1.54, 1.807) is 12.3 Å². The van der Waals surface area contributed by atoms with Gasteiger partial charge in [-0.2, -0.15) is 0 Å². The van der Waals surface area contributed by atoms with Crippen LogP contribution in [-0.4, -0.2) is 18.1 Å². The van der Waals surface area contributed by atoms with Gasteiger partial charge in [0.15, 0.2) is 0 Å². The van der Waals surface area contributed by atoms with Gasteiger partial charge in [-0.05, 0) is 27.6 Å². The van der Waals surface area contributed by atoms with Crippen LogP contribution in [0, 0.1) is 0 Å². The van der Waals surface area contributed by atoms with Crippen LogP contribution >= 0.6 is 15.9 Å². The average Bonchev–Trinajstić information content (AvgIpc) is 2.20. The quantitative estimate of drug-likeness (QED) is 0.742. The Morgan fingerprint density at radius 3 is 3.00 bits per heavy atom. The van der Waals surface area contributed by atoms with E-state index in [2.05, 4.69) is 31.5 Å². The maximum Gasteiger partial charge on any atom is 0.320 e. The molecule has 1 rings (SSSR count). The molecule has 1 aromatic heterocycles. The van der Waals surface area contributed by atoms with Crippen molar-refractivity contribution in [2.75, 3.05) is 12.4 Å². The first kappa shape index (κ1) is 10.9. The zero-order chi connectivity index (χ0) is 10.6. The second kappa shape index (κ2) is 4.92. The predicted octanol–water partition coefficient (Wildman–Crippen LogP) is 1.05. The van der Waals surface area contributed by atoms with Crippen LogP contribution in [0.3, 0.4) is 0 Å². The number of aromatic nitrogens is 1. The molecule has 5 nitrogen and oxygen atoms in total. The van der Waals surface area contributed by atoms with Gasteiger partial charge in [-0.1, -0.05) is 0 Å². The van der Waals surface area contributed by atoms with Gasteiger partial charge in [0.2, 0.25) is 0 Å². The maximum atomic E-state index is 11.0. The van der Waals surface area contributed by atoms with E-state index in [9.17, 15) is 4.79 Å². The molecule has 0 aromatic carbocycles. The Morgan fingerprint density at radius 1 is 1.71 bits per heavy atom. The highest BCUT2D eigenvalue weighted by molar-refractivity contribution is 9.10. The first-order valence-electron chi connectivity index (χ1n) is 4.00. The summed E-state index contributed by atoms with van der Waals surface area (Å²) in [6.07, 6.45) is 1.60. The lowest BCUT2D eigenvalue weighted by atomic mass is 10.2. The standard InChI is InChI=1S/C8H11BrN4O/c1-11-8(14)13-7-2-5(3-10)6(9)4-12-7/h2,4H,3,10H2,1H3,(H2,11,12,13,14). The minimum atomic E-state index is -0.303. The highest BCUT2D eigenvalue weighted by atomic mass is 79.9. The number of rotatable bonds is 2. The molecular weight excluding hydrogens is 248 g/mol. The monoisotopic (exact) mass is 258 g/mol. The topological polar surface area (TPSA) is 80.0 Å². The fraction of sp³-hybridized carbons (Fsp3) is 0.250. The van der Waals surface area contributed by atoms with Crippen molar-refractivity contribution in [3.63, 3.8) is 0 Å². The van der Waals surface area contributed by atoms with E-state index in [0.717, 1.165) is 10.0 Å². The van der Waals surface area contributed by atoms with Crippen LogP contribution < -0.4 is 16.4 Å². The van der Waals surface area contributed by atoms with E-state index in [1.165, 1.54) is 7.05 Å². The molecule has 1 heterocycles. The summed E-state index contributed by atoms with van der Waals surface area (Å²) in [4.78, 5) is 15.0. The predicted molar refractivity (Wildman–Crippen MR) is 57.9 cm³/mol. The Kier molecular flexibility index (Phi) is 3.84. The first-order chi connectivity index (χ1) is 6.67. The zero-order valence-electron chi connectivity index (χ0n) is 7.67. The van der Waals surface area contributed by atoms with Crippen LogP contribution in [0.2, 0.25) is 0 Å². The van der Waals surface area contributed by atoms with E-state index >= 15 is 0 Å². The van der Waals surface area contributed by atoms with Gasteiger partial charge < -0.3 is 11.1 Å². The van der Waals surface area contributed by atoms with Crippen molar-refractivity contribution in [2.45, 2.75) is 6.54 Å². The summed E-state index contributed by atoms with van der Waals surface area (Å²) in [6, 6.07) is 1.42. The number of hydrogen-bond acceptors (Lipinski definition) is 3. The molecule has 0 fully saturated rings. The number of nitrogens with two attached hydrogens (primary N) is 1. The summed E-state index contributed by atoms with van der Waals surface area (Å²) in [5.74, 6) is 0.480. The Morgan fingerprint density at radius 2 is 2.43 bits per heavy atom. The average molecular weight is 259 g/mol. The number of hydrogen-bond donors (Lipinski definition) is 3. The van der Waals surface area contributed by atoms with Crippen molar-refractivity contribution < 1.29 is 4.79 Å². The van der Waals surface area contributed by atoms with Crippen LogP contribution in [0.4, 0.5) is 10.6 Å². The molecule has 0 bridgehead atoms. The van der Waals surface area contributed by atoms with Crippen molar-refractivity contribution in [2.24, 2.45) is 5.73 Å². The summed E-state index contributed by atoms with van der Waals surface area (Å²) in [7, 11) is 1.54. The van der Waals surface area contributed by atoms with Crippen molar-refractivity contribution in [3.05, 3.63) is 22.3 Å². The molecule has 0 aliphatic rings. The molecule has 4 N–H and O–H groups in total. The van der Waals surface area contributed by atoms with Gasteiger partial charge in [-0.3, -0.25) is 5.32 Å². The fourth-order valence-electron chi connectivity index (χ4n) is 0.884. The molecule has 0 saturated heterocycles. The van der Waals surface area contributed by atoms with Gasteiger partial charge in [-0.25, -0.2) is 9.78 Å². The molecule has 0 unspecified atom stereocenters. The normalized spacial score (nSPS) is 9.64. The van der Waals surface area contributed by atoms with Gasteiger partial charge >= 0.3 is 6.03 Å². The highest BCUT2D eigenvalue weighted by Gasteiger charge is 2.03. The number of urea groups is 1. The van der Waals surface area contributed by atoms with Gasteiger partial charge in [0.1, 0.15) is 5.82 Å². The molecule has 2 amide bonds. The Hall–Kier alpha value is -1.14. The van der Waals surface area contributed by atoms with Crippen LogP contribution in [0.25, 0.3) is 0 Å². The van der Waals surface area contributed by atoms with E-state index < -0.39 is 0 Å². The summed E-state index contributed by atoms with van der Waals surface area (Å²) < 4.78 is 0.836. The van der Waals surface area contributed by atoms with Gasteiger partial charge in [0.25, 0.3) is 0 Å². The Balaban J connectivity index is 2.84. The van der Waals surface area contributed by atoms with E-state index in [0.29, 0.717) is 12.4 Å². The number of anilines is 1. The number of nitrogens with zero attached hydrogens (tertiary/aromatic N) is 1. The van der Waals surface area contributed by atoms with Crippen molar-refractivity contribution in [1.82, 2.24) is 10.3 Å². The summed E-state index contributed by atoms with van der Waals surface area (Å²) in [5.41, 5.74) is 6.39. The third-order valence-electron chi connectivity index (χ3n) is 1.62. The number of nitrogens with one attached hydrogen (secondary N) is 2. The molecule has 0 aliphatic carbocycles. The molecule has 0 radical (unpaired) electrons. The van der Waals surface area contributed by atoms with Gasteiger partial charge in [-0.15, -0.1) is 0 Å². The molecule has 14 heavy (non-hydrogen) atoms. The van der Waals surface area contributed by atoms with E-state index in [-0.39, 0.29) is 6.03 Å². The number of pyridine rings is 1. The SMILES string of the molecule is CNC(=O)Nc1cc(CN)c(Br)cn1. The molecule has 1 aromatic rings. The lowest BCUT2D eigenvalue weighted by Crippen LogP contribution is -2.25. The van der Waals surface area contributed by atoms with Crippen molar-refractivity contribution in [1.29, 1.82) is 0 Å². The largest absolute Gasteiger partial charge is 0.341 e. The van der Waals surface area contributed by atoms with Gasteiger partial charge in [0.05, 0.1) is 0 Å². The second-order valence-corrected chi connectivity index (χ2v) is 3.42. The lowest BCUT2D eigenvalue weighted by Gasteiger charge is -2.06. The molecular formula is C8H11BrN4O. The first-order valence-corrected chi connectivity index (χ1v) is 4.80. The van der Waals surface area contributed by atoms with E-state index in [1.807, 2.05) is 0 Å². The third-order valence-corrected chi connectivity index (χ3v) is 2.34. The minimum Gasteiger partial charge on any atom is -0.341 e. The molecule has 0 atom stereocenters. The van der Waals surface area contributed by atoms with Crippen molar-refractivity contribution in [3.8, 4) is 0 Å². The Bertz CT molecular complexity index is 342. The summed E-state index contributed by atoms with van der Waals surface area (Å²) >= 11 is 3.30. The molecule has 0 aliphatic heterocycles. The number of halogens is 1. The maximum absolute atomic E-state index is 11.0. The molecule has 6 heteroatoms. The Labute approximate surface area is 90.2 Å². The van der Waals surface area contributed by atoms with Crippen LogP contribution in [0.5, 0.6) is 0 Å². The minimum absolute atomic E-state index is 0.303. The summed E-state index contributed by atoms with van der Waals surface area (Å²) in [5, 5.41) is 4.99. The van der Waals surface area contributed by atoms with Crippen LogP contribution in [-0.2, 0) is 6.54 Å².